The predicted molar refractivity (Wildman–Crippen MR) is 88.3 cm³/mol. The lowest BCUT2D eigenvalue weighted by atomic mass is 10.2. The Hall–Kier alpha value is -2.37. The Morgan fingerprint density at radius 2 is 1.83 bits per heavy atom. The molecule has 0 aromatic heterocycles. The van der Waals surface area contributed by atoms with Crippen molar-refractivity contribution in [3.05, 3.63) is 29.8 Å². The first-order valence-corrected chi connectivity index (χ1v) is 7.95. The summed E-state index contributed by atoms with van der Waals surface area (Å²) in [5.74, 6) is -0.597. The van der Waals surface area contributed by atoms with Crippen LogP contribution in [0.15, 0.2) is 29.4 Å². The number of hydrazone groups is 1. The van der Waals surface area contributed by atoms with Crippen LogP contribution in [-0.4, -0.2) is 30.2 Å². The molecule has 0 unspecified atom stereocenters. The number of nitrogens with zero attached hydrogens (tertiary/aromatic N) is 1. The summed E-state index contributed by atoms with van der Waals surface area (Å²) >= 11 is 0. The highest BCUT2D eigenvalue weighted by Crippen LogP contribution is 2.17. The monoisotopic (exact) mass is 317 g/mol. The van der Waals surface area contributed by atoms with Gasteiger partial charge in [-0.3, -0.25) is 9.59 Å². The van der Waals surface area contributed by atoms with E-state index < -0.39 is 11.8 Å². The molecule has 23 heavy (non-hydrogen) atoms. The maximum absolute atomic E-state index is 11.7. The fraction of sp³-hybridized carbons (Fsp3) is 0.471. The number of carbonyl (C=O) groups excluding carboxylic acids is 2. The maximum atomic E-state index is 11.7. The van der Waals surface area contributed by atoms with Crippen molar-refractivity contribution in [1.82, 2.24) is 10.7 Å². The molecule has 1 aromatic carbocycles. The van der Waals surface area contributed by atoms with Gasteiger partial charge in [-0.25, -0.2) is 5.43 Å². The molecular weight excluding hydrogens is 294 g/mol. The van der Waals surface area contributed by atoms with Gasteiger partial charge in [0.05, 0.1) is 12.3 Å². The molecule has 0 radical (unpaired) electrons. The van der Waals surface area contributed by atoms with Gasteiger partial charge in [0.15, 0.2) is 0 Å². The summed E-state index contributed by atoms with van der Waals surface area (Å²) in [6.07, 6.45) is 5.68. The average molecular weight is 317 g/mol. The lowest BCUT2D eigenvalue weighted by Crippen LogP contribution is -2.42. The third-order valence-corrected chi connectivity index (χ3v) is 3.53. The molecule has 2 amide bonds. The zero-order chi connectivity index (χ0) is 16.7. The van der Waals surface area contributed by atoms with E-state index >= 15 is 0 Å². The summed E-state index contributed by atoms with van der Waals surface area (Å²) in [6, 6.07) is 7.43. The molecule has 0 aliphatic heterocycles. The van der Waals surface area contributed by atoms with E-state index in [2.05, 4.69) is 15.8 Å². The fourth-order valence-electron chi connectivity index (χ4n) is 2.44. The Kier molecular flexibility index (Phi) is 6.14. The number of hydrogen-bond donors (Lipinski definition) is 2. The summed E-state index contributed by atoms with van der Waals surface area (Å²) in [4.78, 5) is 23.3. The topological polar surface area (TPSA) is 79.8 Å². The van der Waals surface area contributed by atoms with E-state index in [1.165, 1.54) is 6.21 Å². The molecule has 0 heterocycles. The highest BCUT2D eigenvalue weighted by Gasteiger charge is 2.20. The van der Waals surface area contributed by atoms with Crippen molar-refractivity contribution >= 4 is 18.0 Å². The lowest BCUT2D eigenvalue weighted by Gasteiger charge is -2.10. The molecule has 2 N–H and O–H groups in total. The van der Waals surface area contributed by atoms with Crippen molar-refractivity contribution in [3.63, 3.8) is 0 Å². The van der Waals surface area contributed by atoms with Crippen LogP contribution in [0.3, 0.4) is 0 Å². The molecule has 6 nitrogen and oxygen atoms in total. The highest BCUT2D eigenvalue weighted by atomic mass is 16.5. The Bertz CT molecular complexity index is 561. The van der Waals surface area contributed by atoms with Gasteiger partial charge < -0.3 is 10.1 Å². The van der Waals surface area contributed by atoms with Crippen LogP contribution in [0.1, 0.15) is 45.1 Å². The zero-order valence-corrected chi connectivity index (χ0v) is 13.5. The number of rotatable bonds is 5. The van der Waals surface area contributed by atoms with E-state index in [9.17, 15) is 9.59 Å². The minimum Gasteiger partial charge on any atom is -0.491 e. The number of amides is 2. The molecule has 0 atom stereocenters. The molecule has 1 fully saturated rings. The third kappa shape index (κ3) is 5.73. The lowest BCUT2D eigenvalue weighted by molar-refractivity contribution is -0.139. The second-order valence-electron chi connectivity index (χ2n) is 5.89. The van der Waals surface area contributed by atoms with Crippen molar-refractivity contribution in [2.24, 2.45) is 5.10 Å². The SMILES string of the molecule is CC(C)Oc1ccc(/C=N\NC(=O)C(=O)NC2CCCC2)cc1. The summed E-state index contributed by atoms with van der Waals surface area (Å²) in [7, 11) is 0. The molecule has 0 spiro atoms. The first-order valence-electron chi connectivity index (χ1n) is 7.95. The maximum Gasteiger partial charge on any atom is 0.329 e. The van der Waals surface area contributed by atoms with Crippen LogP contribution in [0.5, 0.6) is 5.75 Å². The minimum atomic E-state index is -0.743. The summed E-state index contributed by atoms with van der Waals surface area (Å²) in [6.45, 7) is 3.92. The molecule has 1 aliphatic rings. The first kappa shape index (κ1) is 17.0. The Morgan fingerprint density at radius 1 is 1.17 bits per heavy atom. The molecule has 0 bridgehead atoms. The predicted octanol–water partition coefficient (Wildman–Crippen LogP) is 1.98. The number of ether oxygens (including phenoxy) is 1. The average Bonchev–Trinajstić information content (AvgIpc) is 3.01. The van der Waals surface area contributed by atoms with Gasteiger partial charge in [-0.05, 0) is 56.5 Å². The summed E-state index contributed by atoms with van der Waals surface area (Å²) in [5.41, 5.74) is 3.04. The van der Waals surface area contributed by atoms with Crippen LogP contribution in [-0.2, 0) is 9.59 Å². The largest absolute Gasteiger partial charge is 0.491 e. The van der Waals surface area contributed by atoms with Gasteiger partial charge in [-0.1, -0.05) is 12.8 Å². The molecular formula is C17H23N3O3. The smallest absolute Gasteiger partial charge is 0.329 e. The quantitative estimate of drug-likeness (QED) is 0.495. The molecule has 1 aliphatic carbocycles. The highest BCUT2D eigenvalue weighted by molar-refractivity contribution is 6.35. The Labute approximate surface area is 136 Å². The normalized spacial score (nSPS) is 15.1. The molecule has 124 valence electrons. The second-order valence-corrected chi connectivity index (χ2v) is 5.89. The van der Waals surface area contributed by atoms with Crippen LogP contribution in [0.25, 0.3) is 0 Å². The summed E-state index contributed by atoms with van der Waals surface area (Å²) in [5, 5.41) is 6.51. The number of carbonyl (C=O) groups is 2. The molecule has 1 aromatic rings. The number of nitrogens with one attached hydrogen (secondary N) is 2. The van der Waals surface area contributed by atoms with Crippen molar-refractivity contribution in [2.45, 2.75) is 51.7 Å². The number of hydrogen-bond acceptors (Lipinski definition) is 4. The van der Waals surface area contributed by atoms with Gasteiger partial charge in [0, 0.05) is 6.04 Å². The van der Waals surface area contributed by atoms with Crippen LogP contribution in [0.4, 0.5) is 0 Å². The standard InChI is InChI=1S/C17H23N3O3/c1-12(2)23-15-9-7-13(8-10-15)11-18-20-17(22)16(21)19-14-5-3-4-6-14/h7-12,14H,3-6H2,1-2H3,(H,19,21)(H,20,22)/b18-11-. The second kappa shape index (κ2) is 8.31. The van der Waals surface area contributed by atoms with Crippen molar-refractivity contribution in [2.75, 3.05) is 0 Å². The van der Waals surface area contributed by atoms with E-state index in [4.69, 9.17) is 4.74 Å². The minimum absolute atomic E-state index is 0.116. The van der Waals surface area contributed by atoms with Crippen molar-refractivity contribution < 1.29 is 14.3 Å². The van der Waals surface area contributed by atoms with Crippen LogP contribution in [0.2, 0.25) is 0 Å². The van der Waals surface area contributed by atoms with E-state index in [-0.39, 0.29) is 12.1 Å². The van der Waals surface area contributed by atoms with Crippen LogP contribution >= 0.6 is 0 Å². The summed E-state index contributed by atoms with van der Waals surface area (Å²) < 4.78 is 5.54. The van der Waals surface area contributed by atoms with Crippen molar-refractivity contribution in [3.8, 4) is 5.75 Å². The van der Waals surface area contributed by atoms with Gasteiger partial charge in [-0.15, -0.1) is 0 Å². The van der Waals surface area contributed by atoms with E-state index in [1.807, 2.05) is 38.1 Å². The van der Waals surface area contributed by atoms with E-state index in [0.29, 0.717) is 0 Å². The Balaban J connectivity index is 1.78. The molecule has 2 rings (SSSR count). The van der Waals surface area contributed by atoms with Gasteiger partial charge in [0.2, 0.25) is 0 Å². The van der Waals surface area contributed by atoms with Crippen LogP contribution < -0.4 is 15.5 Å². The zero-order valence-electron chi connectivity index (χ0n) is 13.5. The van der Waals surface area contributed by atoms with Gasteiger partial charge in [0.1, 0.15) is 5.75 Å². The van der Waals surface area contributed by atoms with Crippen LogP contribution in [0, 0.1) is 0 Å². The molecule has 6 heteroatoms. The van der Waals surface area contributed by atoms with Crippen molar-refractivity contribution in [1.29, 1.82) is 0 Å². The molecule has 0 saturated heterocycles. The molecule has 1 saturated carbocycles. The van der Waals surface area contributed by atoms with Gasteiger partial charge in [-0.2, -0.15) is 5.10 Å². The Morgan fingerprint density at radius 3 is 2.43 bits per heavy atom. The first-order chi connectivity index (χ1) is 11.0. The van der Waals surface area contributed by atoms with Gasteiger partial charge in [0.25, 0.3) is 0 Å². The fourth-order valence-corrected chi connectivity index (χ4v) is 2.44. The third-order valence-electron chi connectivity index (χ3n) is 3.53. The number of benzene rings is 1. The van der Waals surface area contributed by atoms with E-state index in [0.717, 1.165) is 37.0 Å². The van der Waals surface area contributed by atoms with Gasteiger partial charge >= 0.3 is 11.8 Å². The van der Waals surface area contributed by atoms with E-state index in [1.54, 1.807) is 0 Å².